The number of ether oxygens (including phenoxy) is 2. The summed E-state index contributed by atoms with van der Waals surface area (Å²) in [5.41, 5.74) is -0.212. The highest BCUT2D eigenvalue weighted by Crippen LogP contribution is 2.51. The molecule has 2 fully saturated rings. The third-order valence-corrected chi connectivity index (χ3v) is 7.17. The van der Waals surface area contributed by atoms with E-state index in [1.807, 2.05) is 13.2 Å². The molecule has 2 saturated heterocycles. The quantitative estimate of drug-likeness (QED) is 0.435. The van der Waals surface area contributed by atoms with Gasteiger partial charge in [0.15, 0.2) is 0 Å². The Morgan fingerprint density at radius 2 is 1.79 bits per heavy atom. The fourth-order valence-corrected chi connectivity index (χ4v) is 5.57. The first-order valence-corrected chi connectivity index (χ1v) is 12.5. The van der Waals surface area contributed by atoms with Gasteiger partial charge in [-0.1, -0.05) is 12.1 Å². The number of esters is 1. The number of imide groups is 1. The van der Waals surface area contributed by atoms with E-state index in [1.165, 1.54) is 24.1 Å². The Morgan fingerprint density at radius 3 is 2.38 bits per heavy atom. The number of rotatable bonds is 8. The van der Waals surface area contributed by atoms with E-state index in [0.717, 1.165) is 0 Å². The summed E-state index contributed by atoms with van der Waals surface area (Å²) in [7, 11) is 1.29. The lowest BCUT2D eigenvalue weighted by Crippen LogP contribution is -2.56. The highest BCUT2D eigenvalue weighted by Gasteiger charge is 2.68. The zero-order chi connectivity index (χ0) is 24.5. The molecule has 180 valence electrons. The van der Waals surface area contributed by atoms with Gasteiger partial charge in [0, 0.05) is 6.04 Å². The molecule has 2 aromatic carbocycles. The summed E-state index contributed by atoms with van der Waals surface area (Å²) in [4.78, 5) is 41.9. The maximum absolute atomic E-state index is 13.8. The van der Waals surface area contributed by atoms with Gasteiger partial charge in [0.2, 0.25) is 11.8 Å². The molecular formula is C25H28N2O6S. The van der Waals surface area contributed by atoms with Gasteiger partial charge in [0.05, 0.1) is 31.2 Å². The number of anilines is 1. The summed E-state index contributed by atoms with van der Waals surface area (Å²) in [6.45, 7) is 2.38. The molecule has 9 heteroatoms. The fourth-order valence-electron chi connectivity index (χ4n) is 5.05. The molecule has 4 atom stereocenters. The van der Waals surface area contributed by atoms with Crippen LogP contribution in [0.5, 0.6) is 11.5 Å². The molecule has 2 aliphatic heterocycles. The van der Waals surface area contributed by atoms with Gasteiger partial charge in [-0.25, -0.2) is 4.90 Å². The normalized spacial score (nSPS) is 26.0. The number of hydrogen-bond acceptors (Lipinski definition) is 8. The van der Waals surface area contributed by atoms with Crippen molar-refractivity contribution in [3.8, 4) is 11.5 Å². The van der Waals surface area contributed by atoms with Crippen molar-refractivity contribution in [1.82, 2.24) is 5.32 Å². The number of thioether (sulfide) groups is 1. The third-order valence-electron chi connectivity index (χ3n) is 6.56. The number of benzene rings is 2. The van der Waals surface area contributed by atoms with Gasteiger partial charge in [0.1, 0.15) is 17.0 Å². The number of hydrogen-bond donors (Lipinski definition) is 2. The summed E-state index contributed by atoms with van der Waals surface area (Å²) in [6.07, 6.45) is 2.25. The highest BCUT2D eigenvalue weighted by molar-refractivity contribution is 7.98. The monoisotopic (exact) mass is 484 g/mol. The van der Waals surface area contributed by atoms with Crippen molar-refractivity contribution in [2.24, 2.45) is 11.8 Å². The van der Waals surface area contributed by atoms with E-state index in [1.54, 1.807) is 48.2 Å². The SMILES string of the molecule is CCOc1ccc(N2C(=O)[C@@H]3[C@H](c4ccc(O)cc4)N[C@@](CCSC)(C(=O)OC)[C@H]3C2=O)cc1. The summed E-state index contributed by atoms with van der Waals surface area (Å²) in [5.74, 6) is -1.78. The van der Waals surface area contributed by atoms with Crippen LogP contribution >= 0.6 is 11.8 Å². The second kappa shape index (κ2) is 9.68. The van der Waals surface area contributed by atoms with Crippen LogP contribution in [0.1, 0.15) is 24.9 Å². The molecule has 4 rings (SSSR count). The molecule has 2 N–H and O–H groups in total. The Morgan fingerprint density at radius 1 is 1.12 bits per heavy atom. The molecule has 2 aliphatic rings. The highest BCUT2D eigenvalue weighted by atomic mass is 32.2. The van der Waals surface area contributed by atoms with E-state index in [4.69, 9.17) is 9.47 Å². The van der Waals surface area contributed by atoms with Crippen LogP contribution < -0.4 is 15.0 Å². The molecule has 0 unspecified atom stereocenters. The Kier molecular flexibility index (Phi) is 6.86. The van der Waals surface area contributed by atoms with Gasteiger partial charge in [0.25, 0.3) is 0 Å². The standard InChI is InChI=1S/C25H28N2O6S/c1-4-33-18-11-7-16(8-12-18)27-22(29)19-20(23(27)30)25(13-14-34-3,24(31)32-2)26-21(19)15-5-9-17(28)10-6-15/h5-12,19-21,26,28H,4,13-14H2,1-3H3/t19-,20+,21-,25+/m0/s1. The van der Waals surface area contributed by atoms with Crippen LogP contribution in [0.3, 0.4) is 0 Å². The van der Waals surface area contributed by atoms with Gasteiger partial charge in [-0.15, -0.1) is 0 Å². The number of nitrogens with one attached hydrogen (secondary N) is 1. The zero-order valence-electron chi connectivity index (χ0n) is 19.3. The molecule has 0 radical (unpaired) electrons. The average molecular weight is 485 g/mol. The maximum Gasteiger partial charge on any atom is 0.326 e. The first-order chi connectivity index (χ1) is 16.4. The van der Waals surface area contributed by atoms with Crippen molar-refractivity contribution in [1.29, 1.82) is 0 Å². The smallest absolute Gasteiger partial charge is 0.326 e. The third kappa shape index (κ3) is 3.92. The van der Waals surface area contributed by atoms with Crippen molar-refractivity contribution >= 4 is 35.2 Å². The van der Waals surface area contributed by atoms with Crippen molar-refractivity contribution < 1.29 is 29.0 Å². The van der Waals surface area contributed by atoms with Gasteiger partial charge in [-0.3, -0.25) is 19.7 Å². The van der Waals surface area contributed by atoms with Crippen molar-refractivity contribution in [3.05, 3.63) is 54.1 Å². The topological polar surface area (TPSA) is 105 Å². The van der Waals surface area contributed by atoms with Gasteiger partial charge >= 0.3 is 5.97 Å². The predicted molar refractivity (Wildman–Crippen MR) is 129 cm³/mol. The van der Waals surface area contributed by atoms with Crippen LogP contribution in [0.15, 0.2) is 48.5 Å². The minimum Gasteiger partial charge on any atom is -0.508 e. The van der Waals surface area contributed by atoms with Crippen LogP contribution in [0.25, 0.3) is 0 Å². The lowest BCUT2D eigenvalue weighted by atomic mass is 9.78. The lowest BCUT2D eigenvalue weighted by Gasteiger charge is -2.32. The summed E-state index contributed by atoms with van der Waals surface area (Å²) >= 11 is 1.55. The minimum absolute atomic E-state index is 0.0877. The average Bonchev–Trinajstić information content (AvgIpc) is 3.32. The Hall–Kier alpha value is -3.04. The number of methoxy groups -OCH3 is 1. The number of carbonyl (C=O) groups is 3. The molecule has 0 bridgehead atoms. The van der Waals surface area contributed by atoms with Crippen molar-refractivity contribution in [2.45, 2.75) is 24.9 Å². The molecule has 2 aromatic rings. The largest absolute Gasteiger partial charge is 0.508 e. The molecule has 2 amide bonds. The number of nitrogens with zero attached hydrogens (tertiary/aromatic N) is 1. The number of aromatic hydroxyl groups is 1. The lowest BCUT2D eigenvalue weighted by molar-refractivity contribution is -0.152. The number of carbonyl (C=O) groups excluding carboxylic acids is 3. The first-order valence-electron chi connectivity index (χ1n) is 11.1. The molecule has 0 aromatic heterocycles. The summed E-state index contributed by atoms with van der Waals surface area (Å²) in [5, 5.41) is 13.1. The summed E-state index contributed by atoms with van der Waals surface area (Å²) < 4.78 is 10.6. The van der Waals surface area contributed by atoms with E-state index >= 15 is 0 Å². The minimum atomic E-state index is -1.35. The second-order valence-electron chi connectivity index (χ2n) is 8.36. The molecule has 2 heterocycles. The van der Waals surface area contributed by atoms with Crippen LogP contribution in [0, 0.1) is 11.8 Å². The Bertz CT molecular complexity index is 1070. The van der Waals surface area contributed by atoms with Crippen molar-refractivity contribution in [2.75, 3.05) is 30.6 Å². The van der Waals surface area contributed by atoms with Crippen molar-refractivity contribution in [3.63, 3.8) is 0 Å². The van der Waals surface area contributed by atoms with Gasteiger partial charge in [-0.2, -0.15) is 11.8 Å². The second-order valence-corrected chi connectivity index (χ2v) is 9.35. The number of phenolic OH excluding ortho intramolecular Hbond substituents is 1. The molecule has 0 aliphatic carbocycles. The van der Waals surface area contributed by atoms with Crippen LogP contribution in [0.4, 0.5) is 5.69 Å². The zero-order valence-corrected chi connectivity index (χ0v) is 20.1. The summed E-state index contributed by atoms with van der Waals surface area (Å²) in [6, 6.07) is 12.6. The van der Waals surface area contributed by atoms with E-state index in [9.17, 15) is 19.5 Å². The predicted octanol–water partition coefficient (Wildman–Crippen LogP) is 2.91. The number of phenols is 1. The molecule has 34 heavy (non-hydrogen) atoms. The number of fused-ring (bicyclic) bond motifs is 1. The Labute approximate surface area is 202 Å². The molecule has 0 saturated carbocycles. The fraction of sp³-hybridized carbons (Fsp3) is 0.400. The number of amides is 2. The van der Waals surface area contributed by atoms with Crippen LogP contribution in [0.2, 0.25) is 0 Å². The Balaban J connectivity index is 1.80. The van der Waals surface area contributed by atoms with E-state index in [-0.39, 0.29) is 11.7 Å². The van der Waals surface area contributed by atoms with Crippen LogP contribution in [-0.2, 0) is 19.1 Å². The van der Waals surface area contributed by atoms with Crippen LogP contribution in [-0.4, -0.2) is 54.2 Å². The maximum atomic E-state index is 13.8. The molecule has 0 spiro atoms. The first kappa shape index (κ1) is 24.1. The van der Waals surface area contributed by atoms with E-state index in [2.05, 4.69) is 5.32 Å². The van der Waals surface area contributed by atoms with Gasteiger partial charge < -0.3 is 14.6 Å². The molecule has 8 nitrogen and oxygen atoms in total. The molecular weight excluding hydrogens is 456 g/mol. The van der Waals surface area contributed by atoms with E-state index < -0.39 is 35.3 Å². The van der Waals surface area contributed by atoms with Gasteiger partial charge in [-0.05, 0) is 67.3 Å². The van der Waals surface area contributed by atoms with E-state index in [0.29, 0.717) is 35.8 Å².